The van der Waals surface area contributed by atoms with Gasteiger partial charge in [-0.15, -0.1) is 0 Å². The zero-order valence-corrected chi connectivity index (χ0v) is 11.8. The Kier molecular flexibility index (Phi) is 5.10. The van der Waals surface area contributed by atoms with Gasteiger partial charge < -0.3 is 10.1 Å². The Balaban J connectivity index is 1.84. The van der Waals surface area contributed by atoms with Crippen LogP contribution in [0.4, 0.5) is 0 Å². The molecule has 0 unspecified atom stereocenters. The predicted molar refractivity (Wildman–Crippen MR) is 79.6 cm³/mol. The van der Waals surface area contributed by atoms with Crippen molar-refractivity contribution in [3.8, 4) is 0 Å². The molecular weight excluding hydrogens is 266 g/mol. The molecule has 21 heavy (non-hydrogen) atoms. The van der Waals surface area contributed by atoms with Crippen molar-refractivity contribution in [2.45, 2.75) is 19.6 Å². The Morgan fingerprint density at radius 1 is 1.00 bits per heavy atom. The summed E-state index contributed by atoms with van der Waals surface area (Å²) in [5, 5.41) is 2.62. The van der Waals surface area contributed by atoms with Crippen molar-refractivity contribution in [1.29, 1.82) is 0 Å². The minimum Gasteiger partial charge on any atom is -0.459 e. The first-order valence-corrected chi connectivity index (χ1v) is 6.73. The molecule has 2 aromatic rings. The second kappa shape index (κ2) is 7.24. The zero-order valence-electron chi connectivity index (χ0n) is 11.8. The number of hydrogen-bond acceptors (Lipinski definition) is 3. The van der Waals surface area contributed by atoms with Crippen molar-refractivity contribution in [3.63, 3.8) is 0 Å². The van der Waals surface area contributed by atoms with Gasteiger partial charge in [0, 0.05) is 5.56 Å². The first kappa shape index (κ1) is 14.8. The molecule has 4 heteroatoms. The summed E-state index contributed by atoms with van der Waals surface area (Å²) in [6.45, 7) is 1.80. The molecule has 0 saturated heterocycles. The average molecular weight is 283 g/mol. The minimum atomic E-state index is -0.693. The molecule has 0 spiro atoms. The molecular formula is C17H17NO3. The van der Waals surface area contributed by atoms with Crippen LogP contribution in [0.2, 0.25) is 0 Å². The molecule has 108 valence electrons. The van der Waals surface area contributed by atoms with E-state index < -0.39 is 12.0 Å². The smallest absolute Gasteiger partial charge is 0.328 e. The van der Waals surface area contributed by atoms with E-state index in [9.17, 15) is 9.59 Å². The number of nitrogens with one attached hydrogen (secondary N) is 1. The van der Waals surface area contributed by atoms with Crippen LogP contribution in [0.1, 0.15) is 22.8 Å². The molecule has 0 saturated carbocycles. The number of ether oxygens (including phenoxy) is 1. The molecule has 1 N–H and O–H groups in total. The molecule has 1 amide bonds. The number of carbonyl (C=O) groups is 2. The number of carbonyl (C=O) groups excluding carboxylic acids is 2. The number of benzene rings is 2. The highest BCUT2D eigenvalue weighted by atomic mass is 16.5. The van der Waals surface area contributed by atoms with Crippen molar-refractivity contribution in [2.75, 3.05) is 0 Å². The van der Waals surface area contributed by atoms with Gasteiger partial charge in [0.05, 0.1) is 0 Å². The molecule has 2 rings (SSSR count). The molecule has 0 aromatic heterocycles. The zero-order chi connectivity index (χ0) is 15.1. The van der Waals surface area contributed by atoms with E-state index in [2.05, 4.69) is 5.32 Å². The molecule has 0 aliphatic rings. The number of hydrogen-bond donors (Lipinski definition) is 1. The van der Waals surface area contributed by atoms with Crippen LogP contribution < -0.4 is 5.32 Å². The van der Waals surface area contributed by atoms with Gasteiger partial charge >= 0.3 is 5.97 Å². The highest BCUT2D eigenvalue weighted by molar-refractivity contribution is 5.96. The SMILES string of the molecule is C[C@H](NC(=O)c1ccccc1)C(=O)OCc1ccccc1. The molecule has 0 heterocycles. The third-order valence-electron chi connectivity index (χ3n) is 2.96. The van der Waals surface area contributed by atoms with E-state index >= 15 is 0 Å². The maximum atomic E-state index is 11.9. The first-order chi connectivity index (χ1) is 10.2. The summed E-state index contributed by atoms with van der Waals surface area (Å²) in [7, 11) is 0. The van der Waals surface area contributed by atoms with Crippen LogP contribution in [0, 0.1) is 0 Å². The summed E-state index contributed by atoms with van der Waals surface area (Å²) in [6, 6.07) is 17.5. The third kappa shape index (κ3) is 4.45. The van der Waals surface area contributed by atoms with Gasteiger partial charge in [-0.2, -0.15) is 0 Å². The summed E-state index contributed by atoms with van der Waals surface area (Å²) < 4.78 is 5.17. The highest BCUT2D eigenvalue weighted by Crippen LogP contribution is 2.03. The van der Waals surface area contributed by atoms with Gasteiger partial charge in [0.15, 0.2) is 0 Å². The monoisotopic (exact) mass is 283 g/mol. The molecule has 0 aliphatic heterocycles. The Hall–Kier alpha value is -2.62. The van der Waals surface area contributed by atoms with E-state index in [1.807, 2.05) is 36.4 Å². The second-order valence-electron chi connectivity index (χ2n) is 4.65. The predicted octanol–water partition coefficient (Wildman–Crippen LogP) is 2.55. The molecule has 0 radical (unpaired) electrons. The van der Waals surface area contributed by atoms with E-state index in [-0.39, 0.29) is 12.5 Å². The van der Waals surface area contributed by atoms with E-state index in [0.29, 0.717) is 5.56 Å². The fourth-order valence-corrected chi connectivity index (χ4v) is 1.78. The first-order valence-electron chi connectivity index (χ1n) is 6.73. The Morgan fingerprint density at radius 3 is 2.19 bits per heavy atom. The Bertz CT molecular complexity index is 596. The van der Waals surface area contributed by atoms with Crippen molar-refractivity contribution < 1.29 is 14.3 Å². The van der Waals surface area contributed by atoms with Crippen molar-refractivity contribution in [2.24, 2.45) is 0 Å². The summed E-state index contributed by atoms with van der Waals surface area (Å²) in [4.78, 5) is 23.8. The normalized spacial score (nSPS) is 11.5. The molecule has 0 aliphatic carbocycles. The minimum absolute atomic E-state index is 0.200. The van der Waals surface area contributed by atoms with Crippen LogP contribution >= 0.6 is 0 Å². The summed E-state index contributed by atoms with van der Waals surface area (Å²) >= 11 is 0. The molecule has 0 fully saturated rings. The standard InChI is InChI=1S/C17H17NO3/c1-13(18-16(19)15-10-6-3-7-11-15)17(20)21-12-14-8-4-2-5-9-14/h2-11,13H,12H2,1H3,(H,18,19)/t13-/m0/s1. The largest absolute Gasteiger partial charge is 0.459 e. The van der Waals surface area contributed by atoms with Crippen LogP contribution in [-0.4, -0.2) is 17.9 Å². The molecule has 2 aromatic carbocycles. The maximum Gasteiger partial charge on any atom is 0.328 e. The van der Waals surface area contributed by atoms with Crippen molar-refractivity contribution >= 4 is 11.9 Å². The van der Waals surface area contributed by atoms with Gasteiger partial charge in [0.25, 0.3) is 5.91 Å². The lowest BCUT2D eigenvalue weighted by Crippen LogP contribution is -2.39. The van der Waals surface area contributed by atoms with E-state index in [0.717, 1.165) is 5.56 Å². The third-order valence-corrected chi connectivity index (χ3v) is 2.96. The van der Waals surface area contributed by atoms with Gasteiger partial charge in [-0.25, -0.2) is 4.79 Å². The molecule has 4 nitrogen and oxygen atoms in total. The van der Waals surface area contributed by atoms with Gasteiger partial charge in [-0.1, -0.05) is 48.5 Å². The lowest BCUT2D eigenvalue weighted by molar-refractivity contribution is -0.146. The topological polar surface area (TPSA) is 55.4 Å². The Labute approximate surface area is 123 Å². The van der Waals surface area contributed by atoms with E-state index in [1.165, 1.54) is 0 Å². The average Bonchev–Trinajstić information content (AvgIpc) is 2.54. The van der Waals surface area contributed by atoms with Crippen molar-refractivity contribution in [1.82, 2.24) is 5.32 Å². The second-order valence-corrected chi connectivity index (χ2v) is 4.65. The number of amides is 1. The lowest BCUT2D eigenvalue weighted by Gasteiger charge is -2.13. The van der Waals surface area contributed by atoms with Gasteiger partial charge in [0.2, 0.25) is 0 Å². The maximum absolute atomic E-state index is 11.9. The fraction of sp³-hybridized carbons (Fsp3) is 0.176. The van der Waals surface area contributed by atoms with Crippen molar-refractivity contribution in [3.05, 3.63) is 71.8 Å². The Morgan fingerprint density at radius 2 is 1.57 bits per heavy atom. The summed E-state index contributed by atoms with van der Waals surface area (Å²) in [5.74, 6) is -0.747. The van der Waals surface area contributed by atoms with Crippen LogP contribution in [0.3, 0.4) is 0 Å². The van der Waals surface area contributed by atoms with Crippen LogP contribution in [0.25, 0.3) is 0 Å². The molecule has 0 bridgehead atoms. The number of rotatable bonds is 5. The van der Waals surface area contributed by atoms with E-state index in [4.69, 9.17) is 4.74 Å². The van der Waals surface area contributed by atoms with Gasteiger partial charge in [0.1, 0.15) is 12.6 Å². The quantitative estimate of drug-likeness (QED) is 0.858. The van der Waals surface area contributed by atoms with Crippen LogP contribution in [-0.2, 0) is 16.1 Å². The van der Waals surface area contributed by atoms with Gasteiger partial charge in [-0.05, 0) is 24.6 Å². The van der Waals surface area contributed by atoms with Crippen LogP contribution in [0.5, 0.6) is 0 Å². The number of esters is 1. The molecule has 1 atom stereocenters. The van der Waals surface area contributed by atoms with Crippen LogP contribution in [0.15, 0.2) is 60.7 Å². The summed E-state index contributed by atoms with van der Waals surface area (Å²) in [6.07, 6.45) is 0. The lowest BCUT2D eigenvalue weighted by atomic mass is 10.2. The highest BCUT2D eigenvalue weighted by Gasteiger charge is 2.17. The van der Waals surface area contributed by atoms with Gasteiger partial charge in [-0.3, -0.25) is 4.79 Å². The summed E-state index contributed by atoms with van der Waals surface area (Å²) in [5.41, 5.74) is 1.42. The van der Waals surface area contributed by atoms with E-state index in [1.54, 1.807) is 31.2 Å². The fourth-order valence-electron chi connectivity index (χ4n) is 1.78.